The van der Waals surface area contributed by atoms with Gasteiger partial charge in [0.15, 0.2) is 5.78 Å². The number of rotatable bonds is 6. The van der Waals surface area contributed by atoms with Crippen molar-refractivity contribution < 1.29 is 23.9 Å². The van der Waals surface area contributed by atoms with Crippen LogP contribution in [0.1, 0.15) is 12.0 Å². The molecule has 2 unspecified atom stereocenters. The molecule has 1 aromatic rings. The molecule has 2 rings (SSSR count). The zero-order chi connectivity index (χ0) is 16.7. The van der Waals surface area contributed by atoms with Crippen LogP contribution in [-0.2, 0) is 23.9 Å². The number of carbonyl (C=O) groups is 3. The molecule has 2 atom stereocenters. The topological polar surface area (TPSA) is 69.7 Å². The summed E-state index contributed by atoms with van der Waals surface area (Å²) < 4.78 is 9.85. The number of Topliss-reactive ketones (excluding diaryl/α,β-unsaturated/α-hetero) is 1. The van der Waals surface area contributed by atoms with Gasteiger partial charge in [-0.3, -0.25) is 9.59 Å². The minimum Gasteiger partial charge on any atom is -0.467 e. The van der Waals surface area contributed by atoms with Crippen LogP contribution in [0.3, 0.4) is 0 Å². The van der Waals surface area contributed by atoms with Gasteiger partial charge in [0, 0.05) is 6.42 Å². The van der Waals surface area contributed by atoms with Gasteiger partial charge in [-0.05, 0) is 11.6 Å². The first kappa shape index (κ1) is 16.8. The van der Waals surface area contributed by atoms with E-state index in [-0.39, 0.29) is 24.6 Å². The Morgan fingerprint density at radius 1 is 1.26 bits per heavy atom. The van der Waals surface area contributed by atoms with Crippen molar-refractivity contribution in [3.8, 4) is 0 Å². The molecular weight excluding hydrogens is 296 g/mol. The average Bonchev–Trinajstić information content (AvgIpc) is 2.58. The molecule has 5 nitrogen and oxygen atoms in total. The normalized spacial score (nSPS) is 20.7. The number of benzene rings is 1. The first-order chi connectivity index (χ1) is 11.1. The molecule has 0 bridgehead atoms. The highest BCUT2D eigenvalue weighted by Crippen LogP contribution is 2.21. The van der Waals surface area contributed by atoms with Gasteiger partial charge in [0.2, 0.25) is 0 Å². The number of allylic oxidation sites excluding steroid dienone is 2. The quantitative estimate of drug-likeness (QED) is 0.347. The van der Waals surface area contributed by atoms with E-state index in [1.165, 1.54) is 13.2 Å². The molecule has 5 heteroatoms. The first-order valence-corrected chi connectivity index (χ1v) is 7.26. The van der Waals surface area contributed by atoms with Gasteiger partial charge in [-0.25, -0.2) is 4.79 Å². The first-order valence-electron chi connectivity index (χ1n) is 7.26. The molecule has 23 heavy (non-hydrogen) atoms. The van der Waals surface area contributed by atoms with Gasteiger partial charge in [0.1, 0.15) is 18.3 Å². The predicted molar refractivity (Wildman–Crippen MR) is 84.5 cm³/mol. The Hall–Kier alpha value is -2.53. The van der Waals surface area contributed by atoms with E-state index in [9.17, 15) is 14.4 Å². The second-order valence-corrected chi connectivity index (χ2v) is 5.07. The molecule has 0 N–H and O–H groups in total. The fraction of sp³-hybridized carbons (Fsp3) is 0.278. The predicted octanol–water partition coefficient (Wildman–Crippen LogP) is 1.97. The fourth-order valence-corrected chi connectivity index (χ4v) is 2.28. The summed E-state index contributed by atoms with van der Waals surface area (Å²) in [6.45, 7) is -0.301. The monoisotopic (exact) mass is 314 g/mol. The number of esters is 1. The lowest BCUT2D eigenvalue weighted by Gasteiger charge is -2.24. The summed E-state index contributed by atoms with van der Waals surface area (Å²) in [6, 6.07) is 9.32. The summed E-state index contributed by atoms with van der Waals surface area (Å²) in [4.78, 5) is 35.6. The summed E-state index contributed by atoms with van der Waals surface area (Å²) in [7, 11) is 1.25. The maximum Gasteiger partial charge on any atom is 0.331 e. The number of methoxy groups -OCH3 is 1. The summed E-state index contributed by atoms with van der Waals surface area (Å²) in [5, 5.41) is 0. The van der Waals surface area contributed by atoms with Crippen molar-refractivity contribution in [2.75, 3.05) is 13.7 Å². The molecule has 0 radical (unpaired) electrons. The Bertz CT molecular complexity index is 630. The van der Waals surface area contributed by atoms with Gasteiger partial charge in [-0.2, -0.15) is 0 Å². The Morgan fingerprint density at radius 2 is 2.00 bits per heavy atom. The van der Waals surface area contributed by atoms with E-state index in [2.05, 4.69) is 4.74 Å². The van der Waals surface area contributed by atoms with Crippen molar-refractivity contribution in [2.24, 2.45) is 5.92 Å². The van der Waals surface area contributed by atoms with Gasteiger partial charge in [0.05, 0.1) is 13.2 Å². The SMILES string of the molecule is COC(=O)COC1C=CCC(=O)C1C(=O)C=Cc1ccccc1. The molecule has 0 aromatic heterocycles. The van der Waals surface area contributed by atoms with E-state index in [1.807, 2.05) is 30.3 Å². The van der Waals surface area contributed by atoms with Crippen LogP contribution in [-0.4, -0.2) is 37.4 Å². The van der Waals surface area contributed by atoms with Crippen LogP contribution >= 0.6 is 0 Å². The second-order valence-electron chi connectivity index (χ2n) is 5.07. The maximum absolute atomic E-state index is 12.4. The molecule has 0 spiro atoms. The summed E-state index contributed by atoms with van der Waals surface area (Å²) in [5.74, 6) is -2.03. The third-order valence-electron chi connectivity index (χ3n) is 3.49. The van der Waals surface area contributed by atoms with Gasteiger partial charge >= 0.3 is 5.97 Å². The minimum atomic E-state index is -0.926. The summed E-state index contributed by atoms with van der Waals surface area (Å²) in [5.41, 5.74) is 0.867. The zero-order valence-electron chi connectivity index (χ0n) is 12.8. The van der Waals surface area contributed by atoms with E-state index in [1.54, 1.807) is 18.2 Å². The van der Waals surface area contributed by atoms with Crippen molar-refractivity contribution in [3.05, 3.63) is 54.1 Å². The maximum atomic E-state index is 12.4. The fourth-order valence-electron chi connectivity index (χ4n) is 2.28. The largest absolute Gasteiger partial charge is 0.467 e. The Kier molecular flexibility index (Phi) is 6.00. The van der Waals surface area contributed by atoms with E-state index in [0.29, 0.717) is 0 Å². The zero-order valence-corrected chi connectivity index (χ0v) is 12.8. The highest BCUT2D eigenvalue weighted by Gasteiger charge is 2.34. The van der Waals surface area contributed by atoms with Crippen LogP contribution in [0, 0.1) is 5.92 Å². The lowest BCUT2D eigenvalue weighted by Crippen LogP contribution is -2.38. The lowest BCUT2D eigenvalue weighted by atomic mass is 9.86. The van der Waals surface area contributed by atoms with Crippen LogP contribution in [0.25, 0.3) is 6.08 Å². The van der Waals surface area contributed by atoms with Crippen LogP contribution in [0.2, 0.25) is 0 Å². The van der Waals surface area contributed by atoms with Crippen LogP contribution in [0.15, 0.2) is 48.6 Å². The Morgan fingerprint density at radius 3 is 2.70 bits per heavy atom. The number of hydrogen-bond acceptors (Lipinski definition) is 5. The van der Waals surface area contributed by atoms with Crippen molar-refractivity contribution in [3.63, 3.8) is 0 Å². The van der Waals surface area contributed by atoms with Gasteiger partial charge in [0.25, 0.3) is 0 Å². The highest BCUT2D eigenvalue weighted by molar-refractivity contribution is 6.10. The van der Waals surface area contributed by atoms with Crippen molar-refractivity contribution in [1.82, 2.24) is 0 Å². The molecular formula is C18H18O5. The molecule has 0 saturated carbocycles. The Labute approximate surface area is 134 Å². The van der Waals surface area contributed by atoms with Crippen molar-refractivity contribution in [1.29, 1.82) is 0 Å². The van der Waals surface area contributed by atoms with Crippen molar-refractivity contribution in [2.45, 2.75) is 12.5 Å². The number of ether oxygens (including phenoxy) is 2. The summed E-state index contributed by atoms with van der Waals surface area (Å²) in [6.07, 6.45) is 5.77. The molecule has 1 aliphatic rings. The van der Waals surface area contributed by atoms with Gasteiger partial charge < -0.3 is 9.47 Å². The minimum absolute atomic E-state index is 0.188. The molecule has 1 aliphatic carbocycles. The lowest BCUT2D eigenvalue weighted by molar-refractivity contribution is -0.151. The van der Waals surface area contributed by atoms with Gasteiger partial charge in [-0.1, -0.05) is 48.6 Å². The third kappa shape index (κ3) is 4.72. The second kappa shape index (κ2) is 8.19. The van der Waals surface area contributed by atoms with E-state index < -0.39 is 18.0 Å². The smallest absolute Gasteiger partial charge is 0.331 e. The van der Waals surface area contributed by atoms with E-state index >= 15 is 0 Å². The molecule has 1 aromatic carbocycles. The number of hydrogen-bond donors (Lipinski definition) is 0. The molecule has 0 aliphatic heterocycles. The molecule has 0 amide bonds. The standard InChI is InChI=1S/C18H18O5/c1-22-17(21)12-23-16-9-5-8-14(19)18(16)15(20)11-10-13-6-3-2-4-7-13/h2-7,9-11,16,18H,8,12H2,1H3. The van der Waals surface area contributed by atoms with Crippen molar-refractivity contribution >= 4 is 23.6 Å². The van der Waals surface area contributed by atoms with Crippen LogP contribution < -0.4 is 0 Å². The van der Waals surface area contributed by atoms with Gasteiger partial charge in [-0.15, -0.1) is 0 Å². The number of carbonyl (C=O) groups excluding carboxylic acids is 3. The van der Waals surface area contributed by atoms with E-state index in [0.717, 1.165) is 5.56 Å². The average molecular weight is 314 g/mol. The van der Waals surface area contributed by atoms with Crippen LogP contribution in [0.4, 0.5) is 0 Å². The highest BCUT2D eigenvalue weighted by atomic mass is 16.6. The third-order valence-corrected chi connectivity index (χ3v) is 3.49. The molecule has 120 valence electrons. The van der Waals surface area contributed by atoms with Crippen LogP contribution in [0.5, 0.6) is 0 Å². The molecule has 0 saturated heterocycles. The van der Waals surface area contributed by atoms with E-state index in [4.69, 9.17) is 4.74 Å². The summed E-state index contributed by atoms with van der Waals surface area (Å²) >= 11 is 0. The molecule has 0 fully saturated rings. The Balaban J connectivity index is 2.08. The molecule has 0 heterocycles. The number of ketones is 2.